The second-order valence-electron chi connectivity index (χ2n) is 6.81. The largest absolute Gasteiger partial charge is 0.352 e. The lowest BCUT2D eigenvalue weighted by molar-refractivity contribution is -0.140. The Morgan fingerprint density at radius 3 is 2.52 bits per heavy atom. The number of hydrogen-bond acceptors (Lipinski definition) is 4. The molecule has 0 radical (unpaired) electrons. The van der Waals surface area contributed by atoms with Crippen molar-refractivity contribution in [2.45, 2.75) is 44.7 Å². The highest BCUT2D eigenvalue weighted by atomic mass is 32.2. The van der Waals surface area contributed by atoms with E-state index in [0.29, 0.717) is 12.3 Å². The van der Waals surface area contributed by atoms with Gasteiger partial charge in [-0.1, -0.05) is 54.9 Å². The van der Waals surface area contributed by atoms with Gasteiger partial charge in [-0.2, -0.15) is 0 Å². The molecule has 6 heteroatoms. The van der Waals surface area contributed by atoms with Crippen molar-refractivity contribution in [3.63, 3.8) is 0 Å². The Kier molecular flexibility index (Phi) is 6.13. The molecule has 1 aliphatic carbocycles. The van der Waals surface area contributed by atoms with Crippen molar-refractivity contribution in [3.05, 3.63) is 35.9 Å². The molecule has 2 aliphatic rings. The van der Waals surface area contributed by atoms with Gasteiger partial charge in [0.1, 0.15) is 0 Å². The minimum Gasteiger partial charge on any atom is -0.352 e. The Morgan fingerprint density at radius 2 is 1.88 bits per heavy atom. The molecular weight excluding hydrogens is 336 g/mol. The highest BCUT2D eigenvalue weighted by molar-refractivity contribution is 8.14. The van der Waals surface area contributed by atoms with Crippen LogP contribution >= 0.6 is 11.8 Å². The Balaban J connectivity index is 1.65. The number of amides is 2. The van der Waals surface area contributed by atoms with E-state index in [4.69, 9.17) is 0 Å². The van der Waals surface area contributed by atoms with Crippen molar-refractivity contribution in [2.24, 2.45) is 5.92 Å². The summed E-state index contributed by atoms with van der Waals surface area (Å²) in [6, 6.07) is 9.91. The van der Waals surface area contributed by atoms with Gasteiger partial charge in [0.05, 0.1) is 12.5 Å². The number of nitrogens with one attached hydrogen (secondary N) is 1. The van der Waals surface area contributed by atoms with Gasteiger partial charge in [-0.3, -0.25) is 14.4 Å². The van der Waals surface area contributed by atoms with Crippen LogP contribution in [0.2, 0.25) is 0 Å². The van der Waals surface area contributed by atoms with Gasteiger partial charge in [-0.15, -0.1) is 0 Å². The summed E-state index contributed by atoms with van der Waals surface area (Å²) in [5.74, 6) is 0.0186. The van der Waals surface area contributed by atoms with E-state index in [2.05, 4.69) is 5.32 Å². The van der Waals surface area contributed by atoms with Gasteiger partial charge in [0.25, 0.3) is 0 Å². The van der Waals surface area contributed by atoms with Crippen LogP contribution in [0.25, 0.3) is 0 Å². The van der Waals surface area contributed by atoms with Crippen LogP contribution in [0.5, 0.6) is 0 Å². The van der Waals surface area contributed by atoms with E-state index in [-0.39, 0.29) is 41.9 Å². The molecule has 1 saturated carbocycles. The molecule has 5 nitrogen and oxygen atoms in total. The second-order valence-corrected chi connectivity index (χ2v) is 7.89. The fourth-order valence-electron chi connectivity index (χ4n) is 3.46. The monoisotopic (exact) mass is 360 g/mol. The van der Waals surface area contributed by atoms with Crippen LogP contribution in [0, 0.1) is 5.92 Å². The Hall–Kier alpha value is -1.82. The maximum Gasteiger partial charge on any atom is 0.239 e. The molecule has 2 amide bonds. The van der Waals surface area contributed by atoms with Crippen molar-refractivity contribution in [1.29, 1.82) is 0 Å². The number of hydrogen-bond donors (Lipinski definition) is 1. The lowest BCUT2D eigenvalue weighted by Gasteiger charge is -2.25. The lowest BCUT2D eigenvalue weighted by Crippen LogP contribution is -2.45. The molecule has 1 aromatic carbocycles. The first-order valence-electron chi connectivity index (χ1n) is 8.89. The van der Waals surface area contributed by atoms with Crippen LogP contribution in [-0.2, 0) is 20.9 Å². The highest BCUT2D eigenvalue weighted by Gasteiger charge is 2.33. The molecule has 2 fully saturated rings. The van der Waals surface area contributed by atoms with E-state index in [9.17, 15) is 14.4 Å². The van der Waals surface area contributed by atoms with Crippen molar-refractivity contribution >= 4 is 28.7 Å². The molecule has 3 rings (SSSR count). The topological polar surface area (TPSA) is 66.5 Å². The summed E-state index contributed by atoms with van der Waals surface area (Å²) in [6.45, 7) is 0.451. The molecule has 1 unspecified atom stereocenters. The summed E-state index contributed by atoms with van der Waals surface area (Å²) in [4.78, 5) is 38.4. The maximum absolute atomic E-state index is 12.8. The smallest absolute Gasteiger partial charge is 0.239 e. The number of thioether (sulfide) groups is 1. The number of carbonyl (C=O) groups is 3. The van der Waals surface area contributed by atoms with E-state index in [1.165, 1.54) is 11.8 Å². The summed E-state index contributed by atoms with van der Waals surface area (Å²) < 4.78 is 0. The molecule has 0 bridgehead atoms. The third-order valence-corrected chi connectivity index (χ3v) is 5.85. The number of benzene rings is 1. The van der Waals surface area contributed by atoms with Crippen molar-refractivity contribution in [3.8, 4) is 0 Å². The minimum absolute atomic E-state index is 0.0551. The van der Waals surface area contributed by atoms with Gasteiger partial charge < -0.3 is 10.2 Å². The van der Waals surface area contributed by atoms with E-state index >= 15 is 0 Å². The molecule has 1 N–H and O–H groups in total. The average molecular weight is 360 g/mol. The first-order chi connectivity index (χ1) is 12.1. The molecule has 25 heavy (non-hydrogen) atoms. The summed E-state index contributed by atoms with van der Waals surface area (Å²) in [7, 11) is 0. The molecule has 1 aliphatic heterocycles. The van der Waals surface area contributed by atoms with E-state index in [1.807, 2.05) is 30.3 Å². The quantitative estimate of drug-likeness (QED) is 0.846. The zero-order valence-electron chi connectivity index (χ0n) is 14.3. The van der Waals surface area contributed by atoms with E-state index < -0.39 is 0 Å². The van der Waals surface area contributed by atoms with Crippen LogP contribution in [0.1, 0.15) is 37.7 Å². The fraction of sp³-hybridized carbons (Fsp3) is 0.526. The van der Waals surface area contributed by atoms with Gasteiger partial charge in [0.2, 0.25) is 11.8 Å². The van der Waals surface area contributed by atoms with Gasteiger partial charge in [0.15, 0.2) is 5.12 Å². The number of nitrogens with zero attached hydrogens (tertiary/aromatic N) is 1. The zero-order valence-corrected chi connectivity index (χ0v) is 15.1. The van der Waals surface area contributed by atoms with Crippen LogP contribution in [0.15, 0.2) is 30.3 Å². The van der Waals surface area contributed by atoms with Crippen LogP contribution < -0.4 is 5.32 Å². The van der Waals surface area contributed by atoms with Gasteiger partial charge in [-0.25, -0.2) is 0 Å². The third kappa shape index (κ3) is 5.08. The Morgan fingerprint density at radius 1 is 1.16 bits per heavy atom. The molecule has 1 aromatic rings. The van der Waals surface area contributed by atoms with Crippen LogP contribution in [0.3, 0.4) is 0 Å². The SMILES string of the molecule is O=C(CN(Cc1ccccc1)C(=O)C1CSC(=O)C1)NC1CCCC1. The predicted octanol–water partition coefficient (Wildman–Crippen LogP) is 2.35. The Labute approximate surface area is 152 Å². The van der Waals surface area contributed by atoms with Gasteiger partial charge >= 0.3 is 0 Å². The number of rotatable bonds is 6. The average Bonchev–Trinajstić information content (AvgIpc) is 3.26. The molecule has 0 spiro atoms. The summed E-state index contributed by atoms with van der Waals surface area (Å²) in [5.41, 5.74) is 0.987. The van der Waals surface area contributed by atoms with Crippen molar-refractivity contribution in [1.82, 2.24) is 10.2 Å². The summed E-state index contributed by atoms with van der Waals surface area (Å²) >= 11 is 1.22. The first kappa shape index (κ1) is 18.0. The first-order valence-corrected chi connectivity index (χ1v) is 9.88. The summed E-state index contributed by atoms with van der Waals surface area (Å²) in [5, 5.41) is 3.11. The predicted molar refractivity (Wildman–Crippen MR) is 97.8 cm³/mol. The zero-order chi connectivity index (χ0) is 17.6. The summed E-state index contributed by atoms with van der Waals surface area (Å²) in [6.07, 6.45) is 4.62. The van der Waals surface area contributed by atoms with Gasteiger partial charge in [-0.05, 0) is 18.4 Å². The van der Waals surface area contributed by atoms with Crippen molar-refractivity contribution < 1.29 is 14.4 Å². The van der Waals surface area contributed by atoms with E-state index in [0.717, 1.165) is 31.2 Å². The normalized spacial score (nSPS) is 20.6. The molecule has 1 heterocycles. The third-order valence-electron chi connectivity index (χ3n) is 4.79. The lowest BCUT2D eigenvalue weighted by atomic mass is 10.1. The maximum atomic E-state index is 12.8. The second kappa shape index (κ2) is 8.52. The molecular formula is C19H24N2O3S. The fourth-order valence-corrected chi connectivity index (χ4v) is 4.43. The van der Waals surface area contributed by atoms with Crippen LogP contribution in [0.4, 0.5) is 0 Å². The van der Waals surface area contributed by atoms with Gasteiger partial charge in [0, 0.05) is 24.8 Å². The Bertz CT molecular complexity index is 629. The molecule has 0 aromatic heterocycles. The molecule has 134 valence electrons. The number of carbonyl (C=O) groups excluding carboxylic acids is 3. The van der Waals surface area contributed by atoms with E-state index in [1.54, 1.807) is 4.90 Å². The molecule has 1 saturated heterocycles. The van der Waals surface area contributed by atoms with Crippen LogP contribution in [-0.4, -0.2) is 40.2 Å². The molecule has 1 atom stereocenters. The highest BCUT2D eigenvalue weighted by Crippen LogP contribution is 2.27. The standard InChI is InChI=1S/C19H24N2O3S/c22-17(20-16-8-4-5-9-16)12-21(11-14-6-2-1-3-7-14)19(24)15-10-18(23)25-13-15/h1-3,6-7,15-16H,4-5,8-13H2,(H,20,22). The van der Waals surface area contributed by atoms with Crippen molar-refractivity contribution in [2.75, 3.05) is 12.3 Å². The minimum atomic E-state index is -0.305.